The lowest BCUT2D eigenvalue weighted by molar-refractivity contribution is 0.0668. The highest BCUT2D eigenvalue weighted by Gasteiger charge is 2.25. The number of alkyl halides is 1. The SMILES string of the molecule is COc1ccc2c(C(=O)N3CCC(F)CC3)c[nH]c(=O)c2n1. The molecule has 0 aromatic carbocycles. The van der Waals surface area contributed by atoms with Crippen molar-refractivity contribution in [3.63, 3.8) is 0 Å². The van der Waals surface area contributed by atoms with Crippen molar-refractivity contribution in [2.75, 3.05) is 20.2 Å². The Kier molecular flexibility index (Phi) is 3.79. The van der Waals surface area contributed by atoms with E-state index in [4.69, 9.17) is 4.74 Å². The van der Waals surface area contributed by atoms with Gasteiger partial charge in [-0.3, -0.25) is 9.59 Å². The Balaban J connectivity index is 2.02. The van der Waals surface area contributed by atoms with E-state index in [0.717, 1.165) is 0 Å². The molecule has 0 spiro atoms. The van der Waals surface area contributed by atoms with Gasteiger partial charge < -0.3 is 14.6 Å². The maximum absolute atomic E-state index is 13.2. The number of H-pyrrole nitrogens is 1. The third-order valence-corrected chi connectivity index (χ3v) is 3.87. The number of carbonyl (C=O) groups is 1. The normalized spacial score (nSPS) is 16.0. The standard InChI is InChI=1S/C15H16FN3O3/c1-22-12-3-2-10-11(8-17-14(20)13(10)18-12)15(21)19-6-4-9(16)5-7-19/h2-3,8-9H,4-7H2,1H3,(H,17,20). The van der Waals surface area contributed by atoms with Crippen LogP contribution in [0.1, 0.15) is 23.2 Å². The predicted molar refractivity (Wildman–Crippen MR) is 78.9 cm³/mol. The van der Waals surface area contributed by atoms with Gasteiger partial charge in [-0.2, -0.15) is 0 Å². The molecule has 0 aliphatic carbocycles. The van der Waals surface area contributed by atoms with E-state index in [2.05, 4.69) is 9.97 Å². The zero-order chi connectivity index (χ0) is 15.7. The molecule has 1 N–H and O–H groups in total. The largest absolute Gasteiger partial charge is 0.481 e. The molecule has 1 saturated heterocycles. The highest BCUT2D eigenvalue weighted by atomic mass is 19.1. The number of hydrogen-bond acceptors (Lipinski definition) is 4. The van der Waals surface area contributed by atoms with Crippen LogP contribution in [-0.4, -0.2) is 47.1 Å². The van der Waals surface area contributed by atoms with Crippen LogP contribution < -0.4 is 10.3 Å². The van der Waals surface area contributed by atoms with Crippen LogP contribution in [0.2, 0.25) is 0 Å². The summed E-state index contributed by atoms with van der Waals surface area (Å²) in [7, 11) is 1.46. The van der Waals surface area contributed by atoms with Crippen LogP contribution in [0, 0.1) is 0 Å². The average molecular weight is 305 g/mol. The van der Waals surface area contributed by atoms with Crippen LogP contribution in [0.15, 0.2) is 23.1 Å². The summed E-state index contributed by atoms with van der Waals surface area (Å²) in [5.41, 5.74) is 0.139. The van der Waals surface area contributed by atoms with Gasteiger partial charge in [0, 0.05) is 30.7 Å². The predicted octanol–water partition coefficient (Wildman–Crippen LogP) is 1.51. The number of piperidine rings is 1. The Morgan fingerprint density at radius 3 is 2.82 bits per heavy atom. The molecule has 0 radical (unpaired) electrons. The highest BCUT2D eigenvalue weighted by Crippen LogP contribution is 2.21. The molecule has 116 valence electrons. The van der Waals surface area contributed by atoms with Gasteiger partial charge in [0.1, 0.15) is 11.7 Å². The molecule has 22 heavy (non-hydrogen) atoms. The van der Waals surface area contributed by atoms with Crippen molar-refractivity contribution in [1.29, 1.82) is 0 Å². The summed E-state index contributed by atoms with van der Waals surface area (Å²) in [6.07, 6.45) is 1.24. The lowest BCUT2D eigenvalue weighted by Gasteiger charge is -2.28. The fraction of sp³-hybridized carbons (Fsp3) is 0.400. The average Bonchev–Trinajstić information content (AvgIpc) is 2.55. The number of pyridine rings is 2. The van der Waals surface area contributed by atoms with Crippen LogP contribution in [0.4, 0.5) is 4.39 Å². The third-order valence-electron chi connectivity index (χ3n) is 3.87. The van der Waals surface area contributed by atoms with Crippen LogP contribution in [-0.2, 0) is 0 Å². The molecule has 1 aliphatic heterocycles. The van der Waals surface area contributed by atoms with E-state index in [1.165, 1.54) is 13.3 Å². The third kappa shape index (κ3) is 2.54. The van der Waals surface area contributed by atoms with Crippen LogP contribution in [0.5, 0.6) is 5.88 Å². The number of aromatic nitrogens is 2. The van der Waals surface area contributed by atoms with Gasteiger partial charge in [0.25, 0.3) is 11.5 Å². The lowest BCUT2D eigenvalue weighted by atomic mass is 10.1. The van der Waals surface area contributed by atoms with Gasteiger partial charge in [-0.05, 0) is 18.9 Å². The number of aromatic amines is 1. The molecule has 0 unspecified atom stereocenters. The fourth-order valence-electron chi connectivity index (χ4n) is 2.63. The van der Waals surface area contributed by atoms with Gasteiger partial charge in [-0.25, -0.2) is 9.37 Å². The molecule has 6 nitrogen and oxygen atoms in total. The van der Waals surface area contributed by atoms with Gasteiger partial charge in [0.05, 0.1) is 12.7 Å². The minimum absolute atomic E-state index is 0.158. The van der Waals surface area contributed by atoms with E-state index in [9.17, 15) is 14.0 Å². The summed E-state index contributed by atoms with van der Waals surface area (Å²) in [4.78, 5) is 32.7. The molecule has 3 heterocycles. The lowest BCUT2D eigenvalue weighted by Crippen LogP contribution is -2.39. The smallest absolute Gasteiger partial charge is 0.274 e. The van der Waals surface area contributed by atoms with Crippen molar-refractivity contribution in [2.45, 2.75) is 19.0 Å². The number of rotatable bonds is 2. The molecule has 1 amide bonds. The summed E-state index contributed by atoms with van der Waals surface area (Å²) in [6.45, 7) is 0.758. The summed E-state index contributed by atoms with van der Waals surface area (Å²) in [5.74, 6) is 0.0842. The molecule has 0 bridgehead atoms. The number of ether oxygens (including phenoxy) is 1. The van der Waals surface area contributed by atoms with Gasteiger partial charge in [0.2, 0.25) is 5.88 Å². The van der Waals surface area contributed by atoms with Gasteiger partial charge >= 0.3 is 0 Å². The van der Waals surface area contributed by atoms with E-state index in [-0.39, 0.29) is 17.0 Å². The number of fused-ring (bicyclic) bond motifs is 1. The molecular formula is C15H16FN3O3. The van der Waals surface area contributed by atoms with Crippen LogP contribution in [0.25, 0.3) is 10.9 Å². The zero-order valence-corrected chi connectivity index (χ0v) is 12.1. The molecule has 1 aliphatic rings. The van der Waals surface area contributed by atoms with E-state index in [0.29, 0.717) is 42.8 Å². The number of methoxy groups -OCH3 is 1. The van der Waals surface area contributed by atoms with Crippen molar-refractivity contribution in [1.82, 2.24) is 14.9 Å². The highest BCUT2D eigenvalue weighted by molar-refractivity contribution is 6.05. The Morgan fingerprint density at radius 2 is 2.14 bits per heavy atom. The summed E-state index contributed by atoms with van der Waals surface area (Å²) < 4.78 is 18.2. The Bertz CT molecular complexity index is 766. The fourth-order valence-corrected chi connectivity index (χ4v) is 2.63. The van der Waals surface area contributed by atoms with E-state index < -0.39 is 6.17 Å². The van der Waals surface area contributed by atoms with Crippen LogP contribution in [0.3, 0.4) is 0 Å². The maximum atomic E-state index is 13.2. The molecule has 0 saturated carbocycles. The summed E-state index contributed by atoms with van der Waals surface area (Å²) >= 11 is 0. The van der Waals surface area contributed by atoms with Gasteiger partial charge in [0.15, 0.2) is 0 Å². The monoisotopic (exact) mass is 305 g/mol. The minimum Gasteiger partial charge on any atom is -0.481 e. The minimum atomic E-state index is -0.845. The molecular weight excluding hydrogens is 289 g/mol. The second-order valence-electron chi connectivity index (χ2n) is 5.25. The molecule has 7 heteroatoms. The second kappa shape index (κ2) is 5.75. The van der Waals surface area contributed by atoms with Crippen molar-refractivity contribution in [2.24, 2.45) is 0 Å². The number of likely N-dealkylation sites (tertiary alicyclic amines) is 1. The van der Waals surface area contributed by atoms with Crippen molar-refractivity contribution in [3.05, 3.63) is 34.2 Å². The first kappa shape index (κ1) is 14.5. The molecule has 2 aromatic heterocycles. The van der Waals surface area contributed by atoms with Gasteiger partial charge in [-0.1, -0.05) is 0 Å². The van der Waals surface area contributed by atoms with E-state index in [1.807, 2.05) is 0 Å². The van der Waals surface area contributed by atoms with E-state index >= 15 is 0 Å². The van der Waals surface area contributed by atoms with Crippen molar-refractivity contribution >= 4 is 16.8 Å². The number of nitrogens with one attached hydrogen (secondary N) is 1. The maximum Gasteiger partial charge on any atom is 0.274 e. The summed E-state index contributed by atoms with van der Waals surface area (Å²) in [5, 5.41) is 0.469. The molecule has 3 rings (SSSR count). The zero-order valence-electron chi connectivity index (χ0n) is 12.1. The van der Waals surface area contributed by atoms with Gasteiger partial charge in [-0.15, -0.1) is 0 Å². The molecule has 0 atom stereocenters. The Morgan fingerprint density at radius 1 is 1.41 bits per heavy atom. The van der Waals surface area contributed by atoms with Crippen molar-refractivity contribution in [3.8, 4) is 5.88 Å². The van der Waals surface area contributed by atoms with E-state index in [1.54, 1.807) is 17.0 Å². The topological polar surface area (TPSA) is 75.3 Å². The Hall–Kier alpha value is -2.44. The number of amides is 1. The Labute approximate surface area is 125 Å². The van der Waals surface area contributed by atoms with Crippen LogP contribution >= 0.6 is 0 Å². The number of nitrogens with zero attached hydrogens (tertiary/aromatic N) is 2. The molecule has 2 aromatic rings. The summed E-state index contributed by atoms with van der Waals surface area (Å²) in [6, 6.07) is 3.25. The first-order valence-electron chi connectivity index (χ1n) is 7.10. The number of hydrogen-bond donors (Lipinski definition) is 1. The quantitative estimate of drug-likeness (QED) is 0.912. The molecule has 1 fully saturated rings. The first-order valence-corrected chi connectivity index (χ1v) is 7.10. The van der Waals surface area contributed by atoms with Crippen molar-refractivity contribution < 1.29 is 13.9 Å². The second-order valence-corrected chi connectivity index (χ2v) is 5.25. The number of halogens is 1. The number of carbonyl (C=O) groups excluding carboxylic acids is 1. The first-order chi connectivity index (χ1) is 10.6.